The van der Waals surface area contributed by atoms with Crippen molar-refractivity contribution >= 4 is 10.4 Å². The maximum absolute atomic E-state index is 8.57. The Bertz CT molecular complexity index is 331. The van der Waals surface area contributed by atoms with E-state index in [2.05, 4.69) is 6.92 Å². The van der Waals surface area contributed by atoms with E-state index in [-0.39, 0.29) is 42.8 Å². The Labute approximate surface area is 199 Å². The molecule has 0 rings (SSSR count). The van der Waals surface area contributed by atoms with Crippen molar-refractivity contribution in [2.24, 2.45) is 0 Å². The summed E-state index contributed by atoms with van der Waals surface area (Å²) in [5.74, 6) is 0. The molecule has 0 spiro atoms. The van der Waals surface area contributed by atoms with Crippen LogP contribution in [0.3, 0.4) is 0 Å². The number of rotatable bonds is 17. The monoisotopic (exact) mass is 455 g/mol. The van der Waals surface area contributed by atoms with Gasteiger partial charge in [-0.2, -0.15) is 0 Å². The first-order valence-corrected chi connectivity index (χ1v) is 11.3. The Morgan fingerprint density at radius 2 is 0.931 bits per heavy atom. The molecule has 0 saturated heterocycles. The van der Waals surface area contributed by atoms with Crippen LogP contribution in [0.25, 0.3) is 0 Å². The van der Waals surface area contributed by atoms with Crippen LogP contribution in [0, 0.1) is 0 Å². The molecule has 0 aliphatic heterocycles. The molecule has 0 amide bonds. The predicted octanol–water partition coefficient (Wildman–Crippen LogP) is -1.43. The number of hydrogen-bond acceptors (Lipinski definition) is 9. The first-order valence-electron chi connectivity index (χ1n) is 9.98. The number of ether oxygens (including phenoxy) is 2. The molecule has 0 aromatic heterocycles. The molecule has 0 saturated carbocycles. The molecule has 0 aliphatic carbocycles. The minimum Gasteiger partial charge on any atom is -0.759 e. The molecule has 11 heteroatoms. The van der Waals surface area contributed by atoms with Crippen molar-refractivity contribution in [3.63, 3.8) is 0 Å². The van der Waals surface area contributed by atoms with Crippen molar-refractivity contribution in [2.75, 3.05) is 46.2 Å². The third kappa shape index (κ3) is 65.3. The Morgan fingerprint density at radius 1 is 0.621 bits per heavy atom. The second-order valence-corrected chi connectivity index (χ2v) is 6.80. The summed E-state index contributed by atoms with van der Waals surface area (Å²) >= 11 is 0. The van der Waals surface area contributed by atoms with Crippen molar-refractivity contribution in [2.45, 2.75) is 71.1 Å². The van der Waals surface area contributed by atoms with E-state index < -0.39 is 10.4 Å². The van der Waals surface area contributed by atoms with Crippen LogP contribution in [-0.4, -0.2) is 79.1 Å². The van der Waals surface area contributed by atoms with Gasteiger partial charge < -0.3 is 33.9 Å². The minimum atomic E-state index is -5.17. The van der Waals surface area contributed by atoms with Crippen LogP contribution in [-0.2, 0) is 19.9 Å². The summed E-state index contributed by atoms with van der Waals surface area (Å²) < 4.78 is 43.8. The van der Waals surface area contributed by atoms with Gasteiger partial charge in [0.2, 0.25) is 0 Å². The van der Waals surface area contributed by atoms with Gasteiger partial charge in [-0.1, -0.05) is 64.7 Å². The van der Waals surface area contributed by atoms with E-state index in [1.54, 1.807) is 0 Å². The average Bonchev–Trinajstić information content (AvgIpc) is 2.62. The molecular weight excluding hydrogens is 415 g/mol. The van der Waals surface area contributed by atoms with Gasteiger partial charge >= 0.3 is 29.6 Å². The van der Waals surface area contributed by atoms with Gasteiger partial charge in [-0.05, 0) is 6.42 Å². The molecule has 0 aromatic rings. The van der Waals surface area contributed by atoms with E-state index in [1.807, 2.05) is 0 Å². The molecular formula is C18H40NaO9S-. The molecule has 174 valence electrons. The smallest absolute Gasteiger partial charge is 0.759 e. The van der Waals surface area contributed by atoms with Crippen LogP contribution >= 0.6 is 0 Å². The molecule has 0 unspecified atom stereocenters. The molecule has 3 N–H and O–H groups in total. The van der Waals surface area contributed by atoms with E-state index in [4.69, 9.17) is 42.3 Å². The van der Waals surface area contributed by atoms with Crippen LogP contribution < -0.4 is 29.6 Å². The molecule has 0 heterocycles. The number of hydrogen-bond donors (Lipinski definition) is 3. The summed E-state index contributed by atoms with van der Waals surface area (Å²) in [5.41, 5.74) is 0. The zero-order valence-electron chi connectivity index (χ0n) is 18.2. The fourth-order valence-corrected chi connectivity index (χ4v) is 2.05. The van der Waals surface area contributed by atoms with E-state index >= 15 is 0 Å². The van der Waals surface area contributed by atoms with Gasteiger partial charge in [0.15, 0.2) is 0 Å². The van der Waals surface area contributed by atoms with Crippen LogP contribution in [0.4, 0.5) is 0 Å². The van der Waals surface area contributed by atoms with Crippen molar-refractivity contribution in [1.82, 2.24) is 0 Å². The SMILES string of the molecule is CCCCCCCCCCCCO.O=S(=O)([O-])[O-].OCCOCCOCCO.[Na+]. The maximum atomic E-state index is 8.57. The molecule has 29 heavy (non-hydrogen) atoms. The second-order valence-electron chi connectivity index (χ2n) is 5.99. The van der Waals surface area contributed by atoms with Gasteiger partial charge in [0.25, 0.3) is 0 Å². The fraction of sp³-hybridized carbons (Fsp3) is 1.00. The van der Waals surface area contributed by atoms with Gasteiger partial charge in [-0.15, -0.1) is 0 Å². The molecule has 0 atom stereocenters. The van der Waals surface area contributed by atoms with Crippen LogP contribution in [0.1, 0.15) is 71.1 Å². The van der Waals surface area contributed by atoms with E-state index in [0.717, 1.165) is 6.42 Å². The van der Waals surface area contributed by atoms with Crippen molar-refractivity contribution in [3.8, 4) is 0 Å². The van der Waals surface area contributed by atoms with Crippen molar-refractivity contribution < 1.29 is 71.9 Å². The Hall–Kier alpha value is 0.670. The van der Waals surface area contributed by atoms with Crippen molar-refractivity contribution in [1.29, 1.82) is 0 Å². The maximum Gasteiger partial charge on any atom is 1.00 e. The van der Waals surface area contributed by atoms with Crippen LogP contribution in [0.5, 0.6) is 0 Å². The summed E-state index contributed by atoms with van der Waals surface area (Å²) in [4.78, 5) is 0. The van der Waals surface area contributed by atoms with E-state index in [0.29, 0.717) is 33.0 Å². The van der Waals surface area contributed by atoms with Crippen LogP contribution in [0.2, 0.25) is 0 Å². The zero-order chi connectivity index (χ0) is 21.9. The normalized spacial score (nSPS) is 10.3. The number of aliphatic hydroxyl groups is 3. The summed E-state index contributed by atoms with van der Waals surface area (Å²) in [6, 6.07) is 0. The topological polar surface area (TPSA) is 159 Å². The van der Waals surface area contributed by atoms with Crippen LogP contribution in [0.15, 0.2) is 0 Å². The molecule has 9 nitrogen and oxygen atoms in total. The predicted molar refractivity (Wildman–Crippen MR) is 105 cm³/mol. The summed E-state index contributed by atoms with van der Waals surface area (Å²) in [5, 5.41) is 25.1. The molecule has 0 bridgehead atoms. The quantitative estimate of drug-likeness (QED) is 0.103. The molecule has 0 aromatic carbocycles. The number of aliphatic hydroxyl groups excluding tert-OH is 3. The van der Waals surface area contributed by atoms with Gasteiger partial charge in [-0.25, -0.2) is 0 Å². The average molecular weight is 456 g/mol. The minimum absolute atomic E-state index is 0. The Balaban J connectivity index is -0.000000174. The molecule has 0 radical (unpaired) electrons. The van der Waals surface area contributed by atoms with Gasteiger partial charge in [0.1, 0.15) is 0 Å². The Morgan fingerprint density at radius 3 is 1.21 bits per heavy atom. The summed E-state index contributed by atoms with van der Waals surface area (Å²) in [6.45, 7) is 4.36. The Kier molecular flexibility index (Phi) is 42.5. The van der Waals surface area contributed by atoms with Gasteiger partial charge in [-0.3, -0.25) is 8.42 Å². The third-order valence-corrected chi connectivity index (χ3v) is 3.35. The second kappa shape index (κ2) is 33.3. The molecule has 0 fully saturated rings. The standard InChI is InChI=1S/C12H26O.C6H14O4.Na.H2O4S/c1-2-3-4-5-6-7-8-9-10-11-12-13;7-1-3-9-5-6-10-4-2-8;;1-5(2,3)4/h13H,2-12H2,1H3;7-8H,1-6H2;;(H2,1,2,3,4)/q;;+1;/p-2. The van der Waals surface area contributed by atoms with Crippen molar-refractivity contribution in [3.05, 3.63) is 0 Å². The third-order valence-electron chi connectivity index (χ3n) is 3.35. The number of unbranched alkanes of at least 4 members (excludes halogenated alkanes) is 9. The van der Waals surface area contributed by atoms with Gasteiger partial charge in [0, 0.05) is 17.0 Å². The summed E-state index contributed by atoms with van der Waals surface area (Å²) in [7, 11) is -5.17. The van der Waals surface area contributed by atoms with E-state index in [1.165, 1.54) is 57.8 Å². The zero-order valence-corrected chi connectivity index (χ0v) is 21.0. The fourth-order valence-electron chi connectivity index (χ4n) is 2.05. The van der Waals surface area contributed by atoms with E-state index in [9.17, 15) is 0 Å². The molecule has 0 aliphatic rings. The summed E-state index contributed by atoms with van der Waals surface area (Å²) in [6.07, 6.45) is 13.3. The first-order chi connectivity index (χ1) is 13.3. The largest absolute Gasteiger partial charge is 1.00 e. The van der Waals surface area contributed by atoms with Gasteiger partial charge in [0.05, 0.1) is 39.6 Å². The first kappa shape index (κ1) is 37.0.